The molecule has 0 rings (SSSR count). The number of aliphatic carboxylic acids is 1. The van der Waals surface area contributed by atoms with Crippen LogP contribution >= 0.6 is 0 Å². The lowest BCUT2D eigenvalue weighted by atomic mass is 10.2. The van der Waals surface area contributed by atoms with Crippen LogP contribution in [0.1, 0.15) is 34.6 Å². The molecule has 0 heterocycles. The number of aliphatic hydroxyl groups excluding tert-OH is 1. The van der Waals surface area contributed by atoms with Crippen molar-refractivity contribution < 1.29 is 24.5 Å². The summed E-state index contributed by atoms with van der Waals surface area (Å²) in [5, 5.41) is 16.1. The van der Waals surface area contributed by atoms with E-state index in [9.17, 15) is 9.59 Å². The molecule has 5 heteroatoms. The predicted molar refractivity (Wildman–Crippen MR) is 55.4 cm³/mol. The van der Waals surface area contributed by atoms with Gasteiger partial charge in [-0.3, -0.25) is 9.59 Å². The summed E-state index contributed by atoms with van der Waals surface area (Å²) in [6, 6.07) is 0. The summed E-state index contributed by atoms with van der Waals surface area (Å²) in [6.07, 6.45) is 0. The van der Waals surface area contributed by atoms with Crippen LogP contribution in [0.15, 0.2) is 0 Å². The van der Waals surface area contributed by atoms with Crippen molar-refractivity contribution in [1.82, 2.24) is 0 Å². The molecule has 0 saturated heterocycles. The summed E-state index contributed by atoms with van der Waals surface area (Å²) in [6.45, 7) is 8.10. The highest BCUT2D eigenvalue weighted by Crippen LogP contribution is 2.05. The van der Waals surface area contributed by atoms with Crippen LogP contribution in [0.4, 0.5) is 0 Å². The van der Waals surface area contributed by atoms with Gasteiger partial charge in [0.25, 0.3) is 0 Å². The Morgan fingerprint density at radius 1 is 1.33 bits per heavy atom. The Morgan fingerprint density at radius 3 is 1.73 bits per heavy atom. The average Bonchev–Trinajstić information content (AvgIpc) is 1.99. The van der Waals surface area contributed by atoms with E-state index in [4.69, 9.17) is 14.9 Å². The molecule has 0 aliphatic rings. The maximum absolute atomic E-state index is 10.2. The highest BCUT2D eigenvalue weighted by atomic mass is 16.6. The Hall–Kier alpha value is -1.10. The molecule has 0 amide bonds. The van der Waals surface area contributed by atoms with Crippen molar-refractivity contribution in [2.24, 2.45) is 5.92 Å². The second-order valence-electron chi connectivity index (χ2n) is 4.13. The van der Waals surface area contributed by atoms with Crippen LogP contribution in [0, 0.1) is 5.92 Å². The SMILES string of the molecule is CC(=O)OC(C)(C)C.CC(CO)C(=O)O. The van der Waals surface area contributed by atoms with E-state index in [1.54, 1.807) is 0 Å². The summed E-state index contributed by atoms with van der Waals surface area (Å²) < 4.78 is 4.80. The molecule has 2 N–H and O–H groups in total. The Balaban J connectivity index is 0. The lowest BCUT2D eigenvalue weighted by Gasteiger charge is -2.17. The van der Waals surface area contributed by atoms with Crippen molar-refractivity contribution in [1.29, 1.82) is 0 Å². The van der Waals surface area contributed by atoms with E-state index in [0.29, 0.717) is 0 Å². The van der Waals surface area contributed by atoms with E-state index in [0.717, 1.165) is 0 Å². The fourth-order valence-corrected chi connectivity index (χ4v) is 0.509. The third kappa shape index (κ3) is 15.6. The van der Waals surface area contributed by atoms with Crippen LogP contribution in [0.25, 0.3) is 0 Å². The first kappa shape index (κ1) is 16.3. The first-order valence-corrected chi connectivity index (χ1v) is 4.63. The number of rotatable bonds is 2. The molecule has 0 aromatic heterocycles. The smallest absolute Gasteiger partial charge is 0.308 e. The zero-order valence-electron chi connectivity index (χ0n) is 9.90. The zero-order valence-corrected chi connectivity index (χ0v) is 9.90. The Kier molecular flexibility index (Phi) is 7.87. The van der Waals surface area contributed by atoms with Gasteiger partial charge in [0.1, 0.15) is 5.60 Å². The third-order valence-corrected chi connectivity index (χ3v) is 1.15. The van der Waals surface area contributed by atoms with E-state index in [1.807, 2.05) is 20.8 Å². The van der Waals surface area contributed by atoms with E-state index in [-0.39, 0.29) is 18.2 Å². The van der Waals surface area contributed by atoms with Crippen molar-refractivity contribution in [2.45, 2.75) is 40.2 Å². The van der Waals surface area contributed by atoms with Crippen LogP contribution in [0.3, 0.4) is 0 Å². The molecule has 1 unspecified atom stereocenters. The largest absolute Gasteiger partial charge is 0.481 e. The Labute approximate surface area is 90.1 Å². The predicted octanol–water partition coefficient (Wildman–Crippen LogP) is 1.05. The van der Waals surface area contributed by atoms with Crippen molar-refractivity contribution >= 4 is 11.9 Å². The van der Waals surface area contributed by atoms with E-state index < -0.39 is 11.9 Å². The molecular formula is C10H20O5. The summed E-state index contributed by atoms with van der Waals surface area (Å²) in [5.74, 6) is -1.81. The number of carbonyl (C=O) groups excluding carboxylic acids is 1. The number of carboxylic acids is 1. The first-order chi connectivity index (χ1) is 6.60. The highest BCUT2D eigenvalue weighted by molar-refractivity contribution is 5.69. The lowest BCUT2D eigenvalue weighted by molar-refractivity contribution is -0.152. The third-order valence-electron chi connectivity index (χ3n) is 1.15. The van der Waals surface area contributed by atoms with Crippen molar-refractivity contribution in [3.05, 3.63) is 0 Å². The fourth-order valence-electron chi connectivity index (χ4n) is 0.509. The van der Waals surface area contributed by atoms with Gasteiger partial charge in [0.05, 0.1) is 12.5 Å². The van der Waals surface area contributed by atoms with Crippen molar-refractivity contribution in [2.75, 3.05) is 6.61 Å². The van der Waals surface area contributed by atoms with Gasteiger partial charge >= 0.3 is 11.9 Å². The van der Waals surface area contributed by atoms with Crippen LogP contribution in [-0.4, -0.2) is 34.4 Å². The zero-order chi connectivity index (χ0) is 12.6. The van der Waals surface area contributed by atoms with Gasteiger partial charge in [0.15, 0.2) is 0 Å². The van der Waals surface area contributed by atoms with Crippen LogP contribution < -0.4 is 0 Å². The van der Waals surface area contributed by atoms with Gasteiger partial charge < -0.3 is 14.9 Å². The van der Waals surface area contributed by atoms with Gasteiger partial charge in [-0.2, -0.15) is 0 Å². The van der Waals surface area contributed by atoms with Gasteiger partial charge in [0.2, 0.25) is 0 Å². The maximum Gasteiger partial charge on any atom is 0.308 e. The Morgan fingerprint density at radius 2 is 1.73 bits per heavy atom. The first-order valence-electron chi connectivity index (χ1n) is 4.63. The normalized spacial score (nSPS) is 12.1. The molecule has 0 aromatic carbocycles. The molecule has 0 aliphatic carbocycles. The summed E-state index contributed by atoms with van der Waals surface area (Å²) in [5.41, 5.74) is -0.328. The minimum atomic E-state index is -0.956. The summed E-state index contributed by atoms with van der Waals surface area (Å²) >= 11 is 0. The maximum atomic E-state index is 10.2. The molecule has 15 heavy (non-hydrogen) atoms. The van der Waals surface area contributed by atoms with E-state index in [2.05, 4.69) is 0 Å². The number of hydrogen-bond acceptors (Lipinski definition) is 4. The molecule has 0 aliphatic heterocycles. The second kappa shape index (κ2) is 7.23. The Bertz CT molecular complexity index is 204. The van der Waals surface area contributed by atoms with E-state index >= 15 is 0 Å². The van der Waals surface area contributed by atoms with Crippen molar-refractivity contribution in [3.8, 4) is 0 Å². The number of carboxylic acid groups (broad SMARTS) is 1. The number of esters is 1. The summed E-state index contributed by atoms with van der Waals surface area (Å²) in [7, 11) is 0. The van der Waals surface area contributed by atoms with Gasteiger partial charge in [-0.15, -0.1) is 0 Å². The van der Waals surface area contributed by atoms with Crippen LogP contribution in [-0.2, 0) is 14.3 Å². The molecule has 0 spiro atoms. The van der Waals surface area contributed by atoms with Gasteiger partial charge in [-0.05, 0) is 27.7 Å². The molecule has 0 bridgehead atoms. The van der Waals surface area contributed by atoms with Crippen molar-refractivity contribution in [3.63, 3.8) is 0 Å². The standard InChI is InChI=1S/C6H12O2.C4H8O3/c1-5(7)8-6(2,3)4;1-3(2-5)4(6)7/h1-4H3;3,5H,2H2,1H3,(H,6,7). The highest BCUT2D eigenvalue weighted by Gasteiger charge is 2.11. The molecular weight excluding hydrogens is 200 g/mol. The minimum Gasteiger partial charge on any atom is -0.481 e. The molecule has 1 atom stereocenters. The minimum absolute atomic E-state index is 0.225. The molecule has 0 aromatic rings. The second-order valence-corrected chi connectivity index (χ2v) is 4.13. The molecule has 0 radical (unpaired) electrons. The van der Waals surface area contributed by atoms with E-state index in [1.165, 1.54) is 13.8 Å². The number of hydrogen-bond donors (Lipinski definition) is 2. The lowest BCUT2D eigenvalue weighted by Crippen LogP contribution is -2.21. The van der Waals surface area contributed by atoms with Gasteiger partial charge in [-0.1, -0.05) is 0 Å². The van der Waals surface area contributed by atoms with Gasteiger partial charge in [-0.25, -0.2) is 0 Å². The average molecular weight is 220 g/mol. The number of ether oxygens (including phenoxy) is 1. The monoisotopic (exact) mass is 220 g/mol. The van der Waals surface area contributed by atoms with Gasteiger partial charge in [0, 0.05) is 6.92 Å². The molecule has 5 nitrogen and oxygen atoms in total. The van der Waals surface area contributed by atoms with Crippen LogP contribution in [0.2, 0.25) is 0 Å². The number of carbonyl (C=O) groups is 2. The fraction of sp³-hybridized carbons (Fsp3) is 0.800. The number of aliphatic hydroxyl groups is 1. The molecule has 0 fully saturated rings. The van der Waals surface area contributed by atoms with Crippen LogP contribution in [0.5, 0.6) is 0 Å². The molecule has 0 saturated carbocycles. The summed E-state index contributed by atoms with van der Waals surface area (Å²) in [4.78, 5) is 20.0. The molecule has 90 valence electrons. The quantitative estimate of drug-likeness (QED) is 0.679. The topological polar surface area (TPSA) is 83.8 Å².